The van der Waals surface area contributed by atoms with E-state index in [-0.39, 0.29) is 0 Å². The van der Waals surface area contributed by atoms with Crippen LogP contribution >= 0.6 is 38.9 Å². The summed E-state index contributed by atoms with van der Waals surface area (Å²) in [6.07, 6.45) is 1.81. The smallest absolute Gasteiger partial charge is 0.125 e. The minimum atomic E-state index is 0.533. The molecule has 2 aromatic rings. The minimum absolute atomic E-state index is 0.533. The van der Waals surface area contributed by atoms with E-state index in [4.69, 9.17) is 16.3 Å². The average Bonchev–Trinajstić information content (AvgIpc) is 2.79. The van der Waals surface area contributed by atoms with Gasteiger partial charge in [-0.2, -0.15) is 0 Å². The number of hydrogen-bond donors (Lipinski definition) is 0. The zero-order valence-corrected chi connectivity index (χ0v) is 11.5. The fraction of sp³-hybridized carbons (Fsp3) is 0.182. The second kappa shape index (κ2) is 5.66. The topological polar surface area (TPSA) is 22.1 Å². The molecule has 84 valence electrons. The number of ether oxygens (including phenoxy) is 1. The number of benzene rings is 1. The largest absolute Gasteiger partial charge is 0.488 e. The molecule has 1 aromatic heterocycles. The Bertz CT molecular complexity index is 461. The molecule has 2 rings (SSSR count). The van der Waals surface area contributed by atoms with Crippen molar-refractivity contribution in [3.05, 3.63) is 45.4 Å². The molecule has 0 aliphatic heterocycles. The molecular weight excluding hydrogens is 310 g/mol. The van der Waals surface area contributed by atoms with Crippen LogP contribution in [0.1, 0.15) is 10.4 Å². The fourth-order valence-electron chi connectivity index (χ4n) is 1.27. The maximum absolute atomic E-state index is 6.07. The minimum Gasteiger partial charge on any atom is -0.488 e. The summed E-state index contributed by atoms with van der Waals surface area (Å²) >= 11 is 11.1. The van der Waals surface area contributed by atoms with Gasteiger partial charge < -0.3 is 4.74 Å². The first-order valence-corrected chi connectivity index (χ1v) is 7.02. The van der Waals surface area contributed by atoms with E-state index in [0.29, 0.717) is 11.9 Å². The molecule has 0 saturated carbocycles. The van der Waals surface area contributed by atoms with Crippen molar-refractivity contribution in [1.29, 1.82) is 0 Å². The van der Waals surface area contributed by atoms with E-state index in [2.05, 4.69) is 20.9 Å². The number of thiazole rings is 1. The van der Waals surface area contributed by atoms with Crippen LogP contribution in [0, 0.1) is 0 Å². The molecule has 5 heteroatoms. The third-order valence-electron chi connectivity index (χ3n) is 2.06. The van der Waals surface area contributed by atoms with Gasteiger partial charge in [-0.15, -0.1) is 11.3 Å². The van der Waals surface area contributed by atoms with Gasteiger partial charge in [0.05, 0.1) is 10.4 Å². The summed E-state index contributed by atoms with van der Waals surface area (Å²) < 4.78 is 5.71. The van der Waals surface area contributed by atoms with Crippen LogP contribution in [-0.2, 0) is 11.9 Å². The zero-order valence-electron chi connectivity index (χ0n) is 8.32. The van der Waals surface area contributed by atoms with Crippen LogP contribution in [0.3, 0.4) is 0 Å². The van der Waals surface area contributed by atoms with Crippen molar-refractivity contribution in [3.8, 4) is 5.75 Å². The van der Waals surface area contributed by atoms with E-state index >= 15 is 0 Å². The lowest BCUT2D eigenvalue weighted by molar-refractivity contribution is 0.307. The molecule has 16 heavy (non-hydrogen) atoms. The van der Waals surface area contributed by atoms with Crippen molar-refractivity contribution in [2.75, 3.05) is 0 Å². The molecule has 0 N–H and O–H groups in total. The highest BCUT2D eigenvalue weighted by Crippen LogP contribution is 2.29. The lowest BCUT2D eigenvalue weighted by atomic mass is 10.2. The van der Waals surface area contributed by atoms with Crippen LogP contribution in [0.2, 0.25) is 5.02 Å². The Kier molecular flexibility index (Phi) is 4.21. The number of halogens is 2. The predicted octanol–water partition coefficient (Wildman–Crippen LogP) is 4.27. The Balaban J connectivity index is 2.12. The molecule has 1 heterocycles. The monoisotopic (exact) mass is 317 g/mol. The molecule has 0 unspecified atom stereocenters. The Hall–Kier alpha value is -0.580. The molecule has 2 nitrogen and oxygen atoms in total. The quantitative estimate of drug-likeness (QED) is 0.785. The Labute approximate surface area is 111 Å². The summed E-state index contributed by atoms with van der Waals surface area (Å²) in [5.74, 6) is 0.817. The molecule has 0 aliphatic carbocycles. The van der Waals surface area contributed by atoms with E-state index in [1.165, 1.54) is 0 Å². The van der Waals surface area contributed by atoms with E-state index < -0.39 is 0 Å². The van der Waals surface area contributed by atoms with Gasteiger partial charge in [0.1, 0.15) is 12.4 Å². The first-order chi connectivity index (χ1) is 7.81. The molecule has 0 fully saturated rings. The molecule has 0 spiro atoms. The first-order valence-electron chi connectivity index (χ1n) is 4.65. The van der Waals surface area contributed by atoms with Gasteiger partial charge in [0.2, 0.25) is 0 Å². The maximum atomic E-state index is 6.07. The van der Waals surface area contributed by atoms with Gasteiger partial charge in [0.25, 0.3) is 0 Å². The lowest BCUT2D eigenvalue weighted by Gasteiger charge is -2.10. The van der Waals surface area contributed by atoms with Crippen molar-refractivity contribution in [2.24, 2.45) is 0 Å². The van der Waals surface area contributed by atoms with Crippen molar-refractivity contribution < 1.29 is 4.74 Å². The molecular formula is C11H9BrClNOS. The Morgan fingerprint density at radius 2 is 2.31 bits per heavy atom. The summed E-state index contributed by atoms with van der Waals surface area (Å²) in [7, 11) is 0. The van der Waals surface area contributed by atoms with E-state index in [1.807, 2.05) is 24.4 Å². The Morgan fingerprint density at radius 3 is 3.00 bits per heavy atom. The van der Waals surface area contributed by atoms with E-state index in [1.54, 1.807) is 16.8 Å². The molecule has 0 atom stereocenters. The van der Waals surface area contributed by atoms with Crippen LogP contribution in [0.4, 0.5) is 0 Å². The normalized spacial score (nSPS) is 10.4. The van der Waals surface area contributed by atoms with Crippen molar-refractivity contribution in [2.45, 2.75) is 11.9 Å². The third kappa shape index (κ3) is 2.75. The number of hydrogen-bond acceptors (Lipinski definition) is 3. The number of aromatic nitrogens is 1. The highest BCUT2D eigenvalue weighted by atomic mass is 79.9. The zero-order chi connectivity index (χ0) is 11.4. The van der Waals surface area contributed by atoms with Gasteiger partial charge in [-0.1, -0.05) is 33.6 Å². The molecule has 0 aliphatic rings. The van der Waals surface area contributed by atoms with Crippen LogP contribution in [0.25, 0.3) is 0 Å². The molecule has 1 aromatic carbocycles. The Morgan fingerprint density at radius 1 is 1.44 bits per heavy atom. The van der Waals surface area contributed by atoms with Crippen molar-refractivity contribution >= 4 is 38.9 Å². The van der Waals surface area contributed by atoms with Gasteiger partial charge in [0.15, 0.2) is 0 Å². The second-order valence-corrected chi connectivity index (χ2v) is 5.05. The highest BCUT2D eigenvalue weighted by molar-refractivity contribution is 9.08. The summed E-state index contributed by atoms with van der Waals surface area (Å²) in [4.78, 5) is 5.10. The molecule has 0 amide bonds. The summed E-state index contributed by atoms with van der Waals surface area (Å²) in [5.41, 5.74) is 2.77. The number of alkyl halides is 1. The summed E-state index contributed by atoms with van der Waals surface area (Å²) in [6, 6.07) is 5.66. The van der Waals surface area contributed by atoms with Gasteiger partial charge in [-0.05, 0) is 12.1 Å². The lowest BCUT2D eigenvalue weighted by Crippen LogP contribution is -1.96. The van der Waals surface area contributed by atoms with Gasteiger partial charge in [0, 0.05) is 22.1 Å². The number of nitrogens with zero attached hydrogens (tertiary/aromatic N) is 1. The van der Waals surface area contributed by atoms with Gasteiger partial charge in [-0.25, -0.2) is 0 Å². The van der Waals surface area contributed by atoms with Crippen molar-refractivity contribution in [1.82, 2.24) is 4.98 Å². The van der Waals surface area contributed by atoms with Crippen LogP contribution in [-0.4, -0.2) is 4.98 Å². The first kappa shape index (κ1) is 11.9. The molecule has 0 saturated heterocycles. The number of rotatable bonds is 4. The molecule has 0 bridgehead atoms. The van der Waals surface area contributed by atoms with Gasteiger partial charge in [-0.3, -0.25) is 4.98 Å². The van der Waals surface area contributed by atoms with Crippen LogP contribution < -0.4 is 4.74 Å². The van der Waals surface area contributed by atoms with Crippen LogP contribution in [0.15, 0.2) is 29.9 Å². The predicted molar refractivity (Wildman–Crippen MR) is 70.5 cm³/mol. The van der Waals surface area contributed by atoms with Crippen molar-refractivity contribution in [3.63, 3.8) is 0 Å². The third-order valence-corrected chi connectivity index (χ3v) is 3.73. The highest BCUT2D eigenvalue weighted by Gasteiger charge is 2.07. The SMILES string of the molecule is Clc1cccc(OCc2cncs2)c1CBr. The molecule has 0 radical (unpaired) electrons. The summed E-state index contributed by atoms with van der Waals surface area (Å²) in [5, 5.41) is 1.41. The standard InChI is InChI=1S/C11H9BrClNOS/c12-4-9-10(13)2-1-3-11(9)15-6-8-5-14-7-16-8/h1-3,5,7H,4,6H2. The maximum Gasteiger partial charge on any atom is 0.125 e. The van der Waals surface area contributed by atoms with E-state index in [0.717, 1.165) is 21.2 Å². The second-order valence-electron chi connectivity index (χ2n) is 3.11. The fourth-order valence-corrected chi connectivity index (χ4v) is 2.74. The summed E-state index contributed by atoms with van der Waals surface area (Å²) in [6.45, 7) is 0.533. The van der Waals surface area contributed by atoms with E-state index in [9.17, 15) is 0 Å². The average molecular weight is 319 g/mol. The van der Waals surface area contributed by atoms with Crippen LogP contribution in [0.5, 0.6) is 5.75 Å². The van der Waals surface area contributed by atoms with Gasteiger partial charge >= 0.3 is 0 Å².